The zero-order chi connectivity index (χ0) is 17.3. The molecule has 0 radical (unpaired) electrons. The maximum absolute atomic E-state index is 12.8. The number of carbonyl (C=O) groups is 1. The van der Waals surface area contributed by atoms with Gasteiger partial charge in [-0.15, -0.1) is 0 Å². The van der Waals surface area contributed by atoms with Crippen LogP contribution in [0.25, 0.3) is 0 Å². The molecule has 0 fully saturated rings. The minimum atomic E-state index is -3.73. The largest absolute Gasteiger partial charge is 0.495 e. The van der Waals surface area contributed by atoms with Crippen molar-refractivity contribution in [2.24, 2.45) is 0 Å². The maximum atomic E-state index is 12.8. The van der Waals surface area contributed by atoms with Gasteiger partial charge in [-0.25, -0.2) is 13.1 Å². The molecule has 2 aromatic carbocycles. The molecule has 1 amide bonds. The average Bonchev–Trinajstić information content (AvgIpc) is 3.04. The molecule has 0 bridgehead atoms. The smallest absolute Gasteiger partial charge is 0.258 e. The first-order valence-electron chi connectivity index (χ1n) is 7.49. The highest BCUT2D eigenvalue weighted by Gasteiger charge is 2.27. The average molecular weight is 346 g/mol. The van der Waals surface area contributed by atoms with Gasteiger partial charge in [0.15, 0.2) is 0 Å². The molecule has 0 unspecified atom stereocenters. The molecule has 1 aliphatic rings. The molecule has 1 heterocycles. The molecule has 7 heteroatoms. The summed E-state index contributed by atoms with van der Waals surface area (Å²) in [4.78, 5) is 14.5. The van der Waals surface area contributed by atoms with Crippen LogP contribution in [0.2, 0.25) is 0 Å². The zero-order valence-corrected chi connectivity index (χ0v) is 14.3. The lowest BCUT2D eigenvalue weighted by Crippen LogP contribution is -2.29. The Morgan fingerprint density at radius 3 is 2.67 bits per heavy atom. The number of hydrogen-bond acceptors (Lipinski definition) is 4. The maximum Gasteiger partial charge on any atom is 0.258 e. The third kappa shape index (κ3) is 2.76. The predicted molar refractivity (Wildman–Crippen MR) is 91.1 cm³/mol. The van der Waals surface area contributed by atoms with Crippen molar-refractivity contribution >= 4 is 21.6 Å². The van der Waals surface area contributed by atoms with Gasteiger partial charge >= 0.3 is 0 Å². The lowest BCUT2D eigenvalue weighted by Gasteiger charge is -2.18. The highest BCUT2D eigenvalue weighted by atomic mass is 32.2. The van der Waals surface area contributed by atoms with Gasteiger partial charge in [0.1, 0.15) is 10.6 Å². The number of amides is 1. The number of fused-ring (bicyclic) bond motifs is 1. The summed E-state index contributed by atoms with van der Waals surface area (Å²) in [6.45, 7) is 0.582. The van der Waals surface area contributed by atoms with Crippen molar-refractivity contribution in [2.75, 3.05) is 25.6 Å². The summed E-state index contributed by atoms with van der Waals surface area (Å²) in [5.74, 6) is -0.0297. The van der Waals surface area contributed by atoms with Crippen LogP contribution in [-0.2, 0) is 16.4 Å². The molecule has 0 atom stereocenters. The first-order chi connectivity index (χ1) is 11.5. The molecular formula is C17H18N2O4S. The molecule has 2 aromatic rings. The molecule has 1 N–H and O–H groups in total. The van der Waals surface area contributed by atoms with Crippen LogP contribution in [0.1, 0.15) is 15.9 Å². The zero-order valence-electron chi connectivity index (χ0n) is 13.4. The molecule has 126 valence electrons. The van der Waals surface area contributed by atoms with Gasteiger partial charge in [0.05, 0.1) is 7.11 Å². The lowest BCUT2D eigenvalue weighted by molar-refractivity contribution is 0.0989. The van der Waals surface area contributed by atoms with Crippen LogP contribution in [-0.4, -0.2) is 35.0 Å². The number of benzene rings is 2. The number of rotatable bonds is 4. The summed E-state index contributed by atoms with van der Waals surface area (Å²) in [6.07, 6.45) is 0.791. The van der Waals surface area contributed by atoms with Crippen LogP contribution in [0.4, 0.5) is 5.69 Å². The summed E-state index contributed by atoms with van der Waals surface area (Å²) in [7, 11) is -1.02. The Morgan fingerprint density at radius 2 is 1.96 bits per heavy atom. The van der Waals surface area contributed by atoms with E-state index in [1.807, 2.05) is 24.3 Å². The summed E-state index contributed by atoms with van der Waals surface area (Å²) in [6, 6.07) is 12.2. The van der Waals surface area contributed by atoms with Crippen molar-refractivity contribution < 1.29 is 17.9 Å². The summed E-state index contributed by atoms with van der Waals surface area (Å²) < 4.78 is 31.7. The third-order valence-electron chi connectivity index (χ3n) is 4.10. The van der Waals surface area contributed by atoms with Crippen LogP contribution in [0.15, 0.2) is 47.4 Å². The Hall–Kier alpha value is -2.38. The van der Waals surface area contributed by atoms with Crippen LogP contribution >= 0.6 is 0 Å². The number of para-hydroxylation sites is 1. The van der Waals surface area contributed by atoms with Gasteiger partial charge in [-0.2, -0.15) is 0 Å². The van der Waals surface area contributed by atoms with Crippen molar-refractivity contribution in [1.82, 2.24) is 4.72 Å². The van der Waals surface area contributed by atoms with E-state index in [1.54, 1.807) is 11.0 Å². The second-order valence-corrected chi connectivity index (χ2v) is 7.26. The lowest BCUT2D eigenvalue weighted by atomic mass is 10.1. The van der Waals surface area contributed by atoms with E-state index in [9.17, 15) is 13.2 Å². The first kappa shape index (κ1) is 16.5. The number of sulfonamides is 1. The number of nitrogens with zero attached hydrogens (tertiary/aromatic N) is 1. The van der Waals surface area contributed by atoms with Crippen LogP contribution in [0.3, 0.4) is 0 Å². The molecule has 1 aliphatic heterocycles. The summed E-state index contributed by atoms with van der Waals surface area (Å²) in [5.41, 5.74) is 2.29. The number of ether oxygens (including phenoxy) is 1. The van der Waals surface area contributed by atoms with Crippen molar-refractivity contribution in [3.8, 4) is 5.75 Å². The van der Waals surface area contributed by atoms with Crippen LogP contribution in [0.5, 0.6) is 5.75 Å². The molecule has 6 nitrogen and oxygen atoms in total. The third-order valence-corrected chi connectivity index (χ3v) is 5.54. The Labute approximate surface area is 141 Å². The fourth-order valence-corrected chi connectivity index (χ4v) is 3.75. The van der Waals surface area contributed by atoms with E-state index in [0.29, 0.717) is 12.1 Å². The fourth-order valence-electron chi connectivity index (χ4n) is 2.83. The number of anilines is 1. The van der Waals surface area contributed by atoms with E-state index < -0.39 is 10.0 Å². The van der Waals surface area contributed by atoms with E-state index in [-0.39, 0.29) is 16.6 Å². The Bertz CT molecular complexity index is 893. The number of carbonyl (C=O) groups excluding carboxylic acids is 1. The molecule has 24 heavy (non-hydrogen) atoms. The monoisotopic (exact) mass is 346 g/mol. The van der Waals surface area contributed by atoms with Crippen molar-refractivity contribution in [3.05, 3.63) is 53.6 Å². The Morgan fingerprint density at radius 1 is 1.21 bits per heavy atom. The second kappa shape index (κ2) is 6.26. The first-order valence-corrected chi connectivity index (χ1v) is 8.97. The highest BCUT2D eigenvalue weighted by molar-refractivity contribution is 7.89. The van der Waals surface area contributed by atoms with Crippen LogP contribution < -0.4 is 14.4 Å². The predicted octanol–water partition coefficient (Wildman–Crippen LogP) is 1.81. The fraction of sp³-hybridized carbons (Fsp3) is 0.235. The topological polar surface area (TPSA) is 75.7 Å². The Kier molecular flexibility index (Phi) is 4.29. The van der Waals surface area contributed by atoms with Gasteiger partial charge in [-0.05, 0) is 43.3 Å². The molecular weight excluding hydrogens is 328 g/mol. The van der Waals surface area contributed by atoms with Crippen molar-refractivity contribution in [2.45, 2.75) is 11.3 Å². The van der Waals surface area contributed by atoms with Gasteiger partial charge in [0.2, 0.25) is 10.0 Å². The molecule has 0 saturated carbocycles. The van der Waals surface area contributed by atoms with E-state index in [2.05, 4.69) is 4.72 Å². The minimum absolute atomic E-state index is 0.0502. The van der Waals surface area contributed by atoms with E-state index in [4.69, 9.17) is 4.74 Å². The molecule has 3 rings (SSSR count). The standard InChI is InChI=1S/C17H18N2O4S/c1-18-24(21,22)16-11-13(7-8-15(16)23-2)17(20)19-10-9-12-5-3-4-6-14(12)19/h3-8,11,18H,9-10H2,1-2H3. The van der Waals surface area contributed by atoms with E-state index in [1.165, 1.54) is 26.3 Å². The van der Waals surface area contributed by atoms with Crippen LogP contribution in [0, 0.1) is 0 Å². The molecule has 0 saturated heterocycles. The molecule has 0 spiro atoms. The van der Waals surface area contributed by atoms with Gasteiger partial charge in [0, 0.05) is 17.8 Å². The quantitative estimate of drug-likeness (QED) is 0.916. The number of methoxy groups -OCH3 is 1. The molecule has 0 aliphatic carbocycles. The van der Waals surface area contributed by atoms with Crippen molar-refractivity contribution in [3.63, 3.8) is 0 Å². The summed E-state index contributed by atoms with van der Waals surface area (Å²) in [5, 5.41) is 0. The van der Waals surface area contributed by atoms with Crippen molar-refractivity contribution in [1.29, 1.82) is 0 Å². The minimum Gasteiger partial charge on any atom is -0.495 e. The summed E-state index contributed by atoms with van der Waals surface area (Å²) >= 11 is 0. The van der Waals surface area contributed by atoms with E-state index in [0.717, 1.165) is 17.7 Å². The molecule has 0 aromatic heterocycles. The van der Waals surface area contributed by atoms with E-state index >= 15 is 0 Å². The van der Waals surface area contributed by atoms with Gasteiger partial charge in [-0.3, -0.25) is 4.79 Å². The second-order valence-electron chi connectivity index (χ2n) is 5.41. The Balaban J connectivity index is 2.02. The number of nitrogens with one attached hydrogen (secondary N) is 1. The van der Waals surface area contributed by atoms with Gasteiger partial charge in [0.25, 0.3) is 5.91 Å². The van der Waals surface area contributed by atoms with Gasteiger partial charge in [-0.1, -0.05) is 18.2 Å². The normalized spacial score (nSPS) is 13.7. The van der Waals surface area contributed by atoms with Gasteiger partial charge < -0.3 is 9.64 Å². The SMILES string of the molecule is CNS(=O)(=O)c1cc(C(=O)N2CCc3ccccc32)ccc1OC. The number of hydrogen-bond donors (Lipinski definition) is 1. The highest BCUT2D eigenvalue weighted by Crippen LogP contribution is 2.30.